The Balaban J connectivity index is 1.19. The van der Waals surface area contributed by atoms with Crippen LogP contribution in [0.1, 0.15) is 62.3 Å². The number of anilines is 3. The van der Waals surface area contributed by atoms with E-state index in [0.29, 0.717) is 40.8 Å². The summed E-state index contributed by atoms with van der Waals surface area (Å²) in [5.74, 6) is 1.91. The van der Waals surface area contributed by atoms with Crippen LogP contribution in [-0.2, 0) is 0 Å². The predicted molar refractivity (Wildman–Crippen MR) is 132 cm³/mol. The molecule has 2 N–H and O–H groups in total. The molecule has 2 aromatic heterocycles. The van der Waals surface area contributed by atoms with Gasteiger partial charge in [0.2, 0.25) is 5.95 Å². The number of nitrogens with zero attached hydrogens (tertiary/aromatic N) is 8. The van der Waals surface area contributed by atoms with E-state index in [9.17, 15) is 9.65 Å². The number of fused-ring (bicyclic) bond motifs is 1. The number of hydrogen-bond donors (Lipinski definition) is 2. The number of hydrogen-bond acceptors (Lipinski definition) is 9. The monoisotopic (exact) mass is 488 g/mol. The van der Waals surface area contributed by atoms with E-state index < -0.39 is 5.82 Å². The molecule has 3 aliphatic rings. The van der Waals surface area contributed by atoms with Gasteiger partial charge in [-0.05, 0) is 86.2 Å². The molecule has 0 amide bonds. The Labute approximate surface area is 208 Å². The van der Waals surface area contributed by atoms with E-state index in [4.69, 9.17) is 0 Å². The van der Waals surface area contributed by atoms with Crippen molar-refractivity contribution < 1.29 is 4.39 Å². The van der Waals surface area contributed by atoms with Crippen LogP contribution in [0, 0.1) is 23.1 Å². The average Bonchev–Trinajstić information content (AvgIpc) is 3.65. The summed E-state index contributed by atoms with van der Waals surface area (Å²) >= 11 is 0. The van der Waals surface area contributed by atoms with Crippen molar-refractivity contribution >= 4 is 17.5 Å². The molecule has 1 aromatic carbocycles. The topological polar surface area (TPSA) is 120 Å². The molecule has 36 heavy (non-hydrogen) atoms. The lowest BCUT2D eigenvalue weighted by Gasteiger charge is -2.44. The van der Waals surface area contributed by atoms with Crippen molar-refractivity contribution in [2.45, 2.75) is 56.9 Å². The second-order valence-corrected chi connectivity index (χ2v) is 9.96. The number of aromatic nitrogens is 6. The highest BCUT2D eigenvalue weighted by atomic mass is 19.1. The Kier molecular flexibility index (Phi) is 6.19. The van der Waals surface area contributed by atoms with Crippen molar-refractivity contribution in [3.8, 4) is 11.8 Å². The number of nitrogens with one attached hydrogen (secondary N) is 2. The molecule has 0 bridgehead atoms. The van der Waals surface area contributed by atoms with Gasteiger partial charge >= 0.3 is 0 Å². The highest BCUT2D eigenvalue weighted by molar-refractivity contribution is 5.61. The van der Waals surface area contributed by atoms with Gasteiger partial charge in [0.25, 0.3) is 0 Å². The summed E-state index contributed by atoms with van der Waals surface area (Å²) in [6.45, 7) is 3.16. The van der Waals surface area contributed by atoms with Crippen molar-refractivity contribution in [1.82, 2.24) is 35.1 Å². The van der Waals surface area contributed by atoms with E-state index in [0.717, 1.165) is 19.4 Å². The summed E-state index contributed by atoms with van der Waals surface area (Å²) in [6.07, 6.45) is 9.74. The molecule has 2 aliphatic heterocycles. The standard InChI is InChI=1S/C25H29FN10/c26-20-9-8-19(12-22(20)36-24(16-6-7-16)32-33-34-36)30-25-29-15-18(13-27)23(31-25)28-14-17-4-3-11-35-10-2-1-5-21(17)35/h8-9,12,15-17,21H,1-7,10-11,14H2,(H2,28,29,30,31)/t17-,21+/m0/s1. The zero-order valence-corrected chi connectivity index (χ0v) is 20.1. The van der Waals surface area contributed by atoms with E-state index in [1.54, 1.807) is 12.1 Å². The smallest absolute Gasteiger partial charge is 0.229 e. The van der Waals surface area contributed by atoms with E-state index in [1.807, 2.05) is 0 Å². The van der Waals surface area contributed by atoms with Gasteiger partial charge in [-0.2, -0.15) is 14.9 Å². The van der Waals surface area contributed by atoms with Crippen LogP contribution in [0.5, 0.6) is 0 Å². The van der Waals surface area contributed by atoms with Crippen LogP contribution in [0.15, 0.2) is 24.4 Å². The van der Waals surface area contributed by atoms with Crippen LogP contribution in [-0.4, -0.2) is 60.8 Å². The number of tetrazole rings is 1. The maximum Gasteiger partial charge on any atom is 0.229 e. The fraction of sp³-hybridized carbons (Fsp3) is 0.520. The Morgan fingerprint density at radius 2 is 2.00 bits per heavy atom. The molecule has 2 saturated heterocycles. The summed E-state index contributed by atoms with van der Waals surface area (Å²) in [7, 11) is 0. The third-order valence-electron chi connectivity index (χ3n) is 7.54. The van der Waals surface area contributed by atoms with Gasteiger partial charge in [-0.1, -0.05) is 6.42 Å². The quantitative estimate of drug-likeness (QED) is 0.512. The Bertz CT molecular complexity index is 1280. The molecule has 6 rings (SSSR count). The Hall–Kier alpha value is -3.65. The number of piperidine rings is 2. The first-order valence-electron chi connectivity index (χ1n) is 12.8. The molecule has 3 aromatic rings. The summed E-state index contributed by atoms with van der Waals surface area (Å²) in [4.78, 5) is 11.5. The minimum absolute atomic E-state index is 0.272. The first kappa shape index (κ1) is 22.8. The summed E-state index contributed by atoms with van der Waals surface area (Å²) in [5.41, 5.74) is 1.28. The first-order valence-corrected chi connectivity index (χ1v) is 12.8. The van der Waals surface area contributed by atoms with Crippen LogP contribution in [0.25, 0.3) is 5.69 Å². The third-order valence-corrected chi connectivity index (χ3v) is 7.54. The molecule has 186 valence electrons. The molecule has 3 fully saturated rings. The SMILES string of the molecule is N#Cc1cnc(Nc2ccc(F)c(-n3nnnc3C3CC3)c2)nc1NC[C@@H]1CCCN2CCCC[C@H]12. The highest BCUT2D eigenvalue weighted by Gasteiger charge is 2.33. The molecule has 0 unspecified atom stereocenters. The maximum absolute atomic E-state index is 14.7. The zero-order chi connectivity index (χ0) is 24.5. The van der Waals surface area contributed by atoms with Gasteiger partial charge in [-0.3, -0.25) is 0 Å². The first-order chi connectivity index (χ1) is 17.7. The molecular formula is C25H29FN10. The van der Waals surface area contributed by atoms with E-state index in [-0.39, 0.29) is 11.6 Å². The number of halogens is 1. The normalized spacial score (nSPS) is 22.0. The summed E-state index contributed by atoms with van der Waals surface area (Å²) in [6, 6.07) is 7.43. The van der Waals surface area contributed by atoms with Crippen LogP contribution in [0.3, 0.4) is 0 Å². The van der Waals surface area contributed by atoms with Gasteiger partial charge in [0.05, 0.1) is 6.20 Å². The Morgan fingerprint density at radius 3 is 2.86 bits per heavy atom. The van der Waals surface area contributed by atoms with Crippen LogP contribution in [0.4, 0.5) is 21.8 Å². The zero-order valence-electron chi connectivity index (χ0n) is 20.1. The second-order valence-electron chi connectivity index (χ2n) is 9.96. The number of nitriles is 1. The lowest BCUT2D eigenvalue weighted by atomic mass is 9.83. The van der Waals surface area contributed by atoms with Gasteiger partial charge in [-0.15, -0.1) is 5.10 Å². The fourth-order valence-corrected chi connectivity index (χ4v) is 5.55. The van der Waals surface area contributed by atoms with E-state index in [1.165, 1.54) is 62.1 Å². The van der Waals surface area contributed by atoms with Gasteiger partial charge in [0.15, 0.2) is 5.82 Å². The van der Waals surface area contributed by atoms with Crippen molar-refractivity contribution in [2.24, 2.45) is 5.92 Å². The summed E-state index contributed by atoms with van der Waals surface area (Å²) < 4.78 is 16.1. The molecule has 4 heterocycles. The van der Waals surface area contributed by atoms with Crippen LogP contribution in [0.2, 0.25) is 0 Å². The lowest BCUT2D eigenvalue weighted by molar-refractivity contribution is 0.0649. The molecule has 0 radical (unpaired) electrons. The molecule has 11 heteroatoms. The highest BCUT2D eigenvalue weighted by Crippen LogP contribution is 2.39. The molecular weight excluding hydrogens is 459 g/mol. The van der Waals surface area contributed by atoms with Crippen molar-refractivity contribution in [3.05, 3.63) is 41.6 Å². The van der Waals surface area contributed by atoms with Crippen molar-refractivity contribution in [3.63, 3.8) is 0 Å². The molecule has 1 aliphatic carbocycles. The van der Waals surface area contributed by atoms with Crippen LogP contribution >= 0.6 is 0 Å². The predicted octanol–water partition coefficient (Wildman–Crippen LogP) is 3.76. The third kappa shape index (κ3) is 4.60. The Morgan fingerprint density at radius 1 is 1.11 bits per heavy atom. The second kappa shape index (κ2) is 9.78. The van der Waals surface area contributed by atoms with Crippen LogP contribution < -0.4 is 10.6 Å². The van der Waals surface area contributed by atoms with Gasteiger partial charge < -0.3 is 15.5 Å². The van der Waals surface area contributed by atoms with Gasteiger partial charge in [0.1, 0.15) is 29.0 Å². The minimum atomic E-state index is -0.415. The van der Waals surface area contributed by atoms with E-state index in [2.05, 4.69) is 47.1 Å². The molecule has 10 nitrogen and oxygen atoms in total. The lowest BCUT2D eigenvalue weighted by Crippen LogP contribution is -2.49. The number of rotatable bonds is 7. The fourth-order valence-electron chi connectivity index (χ4n) is 5.55. The average molecular weight is 489 g/mol. The molecule has 0 spiro atoms. The maximum atomic E-state index is 14.7. The van der Waals surface area contributed by atoms with Crippen molar-refractivity contribution in [1.29, 1.82) is 5.26 Å². The van der Waals surface area contributed by atoms with Crippen molar-refractivity contribution in [2.75, 3.05) is 30.3 Å². The van der Waals surface area contributed by atoms with Gasteiger partial charge in [-0.25, -0.2) is 9.37 Å². The minimum Gasteiger partial charge on any atom is -0.368 e. The largest absolute Gasteiger partial charge is 0.368 e. The van der Waals surface area contributed by atoms with Gasteiger partial charge in [0, 0.05) is 24.2 Å². The summed E-state index contributed by atoms with van der Waals surface area (Å²) in [5, 5.41) is 28.0. The van der Waals surface area contributed by atoms with E-state index >= 15 is 0 Å². The molecule has 2 atom stereocenters. The number of benzene rings is 1. The molecule has 1 saturated carbocycles.